The SMILES string of the molecule is Cc1ccccc1-n1c[c]cn1. The lowest BCUT2D eigenvalue weighted by molar-refractivity contribution is 0.873. The molecule has 1 aromatic heterocycles. The van der Waals surface area contributed by atoms with E-state index in [2.05, 4.69) is 24.2 Å². The van der Waals surface area contributed by atoms with Gasteiger partial charge in [0.2, 0.25) is 0 Å². The van der Waals surface area contributed by atoms with E-state index in [9.17, 15) is 0 Å². The minimum Gasteiger partial charge on any atom is -0.240 e. The van der Waals surface area contributed by atoms with E-state index in [-0.39, 0.29) is 0 Å². The molecule has 2 rings (SSSR count). The highest BCUT2D eigenvalue weighted by Crippen LogP contribution is 2.10. The lowest BCUT2D eigenvalue weighted by Gasteiger charge is -2.03. The van der Waals surface area contributed by atoms with Gasteiger partial charge in [-0.25, -0.2) is 4.68 Å². The van der Waals surface area contributed by atoms with Gasteiger partial charge in [0.25, 0.3) is 0 Å². The first-order valence-corrected chi connectivity index (χ1v) is 3.84. The monoisotopic (exact) mass is 157 g/mol. The van der Waals surface area contributed by atoms with Crippen molar-refractivity contribution in [2.75, 3.05) is 0 Å². The Morgan fingerprint density at radius 1 is 1.33 bits per heavy atom. The van der Waals surface area contributed by atoms with Gasteiger partial charge in [-0.05, 0) is 18.6 Å². The summed E-state index contributed by atoms with van der Waals surface area (Å²) < 4.78 is 1.81. The van der Waals surface area contributed by atoms with E-state index in [4.69, 9.17) is 0 Å². The van der Waals surface area contributed by atoms with Crippen LogP contribution in [0.5, 0.6) is 0 Å². The van der Waals surface area contributed by atoms with Crippen molar-refractivity contribution < 1.29 is 0 Å². The van der Waals surface area contributed by atoms with Gasteiger partial charge in [-0.3, -0.25) is 0 Å². The first-order chi connectivity index (χ1) is 5.88. The summed E-state index contributed by atoms with van der Waals surface area (Å²) in [7, 11) is 0. The van der Waals surface area contributed by atoms with Gasteiger partial charge in [-0.1, -0.05) is 18.2 Å². The van der Waals surface area contributed by atoms with E-state index < -0.39 is 0 Å². The molecule has 0 atom stereocenters. The molecule has 0 aliphatic heterocycles. The Kier molecular flexibility index (Phi) is 1.67. The van der Waals surface area contributed by atoms with Crippen LogP contribution in [0.25, 0.3) is 5.69 Å². The molecule has 0 saturated carbocycles. The number of nitrogens with zero attached hydrogens (tertiary/aromatic N) is 2. The fourth-order valence-corrected chi connectivity index (χ4v) is 1.19. The predicted molar refractivity (Wildman–Crippen MR) is 47.1 cm³/mol. The molecule has 0 saturated heterocycles. The summed E-state index contributed by atoms with van der Waals surface area (Å²) in [5, 5.41) is 4.11. The number of hydrogen-bond donors (Lipinski definition) is 0. The summed E-state index contributed by atoms with van der Waals surface area (Å²) in [6.45, 7) is 2.07. The lowest BCUT2D eigenvalue weighted by atomic mass is 10.2. The van der Waals surface area contributed by atoms with Crippen molar-refractivity contribution in [3.05, 3.63) is 48.3 Å². The molecule has 2 heteroatoms. The Bertz CT molecular complexity index is 363. The third-order valence-electron chi connectivity index (χ3n) is 1.82. The van der Waals surface area contributed by atoms with Crippen LogP contribution < -0.4 is 0 Å². The Morgan fingerprint density at radius 3 is 2.83 bits per heavy atom. The van der Waals surface area contributed by atoms with Gasteiger partial charge in [-0.2, -0.15) is 5.10 Å². The predicted octanol–water partition coefficient (Wildman–Crippen LogP) is 1.98. The molecule has 59 valence electrons. The minimum atomic E-state index is 1.11. The van der Waals surface area contributed by atoms with E-state index in [1.165, 1.54) is 5.56 Å². The molecule has 0 fully saturated rings. The van der Waals surface area contributed by atoms with E-state index in [1.54, 1.807) is 6.20 Å². The van der Waals surface area contributed by atoms with Crippen LogP contribution in [0.3, 0.4) is 0 Å². The molecular formula is C10H9N2. The van der Waals surface area contributed by atoms with E-state index in [0.717, 1.165) is 5.69 Å². The second kappa shape index (κ2) is 2.81. The normalized spacial score (nSPS) is 10.1. The lowest BCUT2D eigenvalue weighted by Crippen LogP contribution is -1.95. The van der Waals surface area contributed by atoms with Gasteiger partial charge in [-0.15, -0.1) is 0 Å². The number of benzene rings is 1. The molecule has 0 spiro atoms. The summed E-state index contributed by atoms with van der Waals surface area (Å²) in [4.78, 5) is 0. The van der Waals surface area contributed by atoms with Gasteiger partial charge >= 0.3 is 0 Å². The molecule has 0 amide bonds. The number of para-hydroxylation sites is 1. The molecule has 0 aliphatic carbocycles. The molecule has 0 N–H and O–H groups in total. The fourth-order valence-electron chi connectivity index (χ4n) is 1.19. The van der Waals surface area contributed by atoms with Crippen LogP contribution in [0, 0.1) is 13.0 Å². The average Bonchev–Trinajstić information content (AvgIpc) is 2.57. The maximum Gasteiger partial charge on any atom is 0.0674 e. The third-order valence-corrected chi connectivity index (χ3v) is 1.82. The zero-order chi connectivity index (χ0) is 8.39. The highest BCUT2D eigenvalue weighted by Gasteiger charge is 1.97. The molecule has 0 unspecified atom stereocenters. The molecule has 0 aliphatic rings. The quantitative estimate of drug-likeness (QED) is 0.619. The molecule has 12 heavy (non-hydrogen) atoms. The highest BCUT2D eigenvalue weighted by atomic mass is 15.3. The van der Waals surface area contributed by atoms with E-state index >= 15 is 0 Å². The Labute approximate surface area is 71.5 Å². The molecule has 2 nitrogen and oxygen atoms in total. The second-order valence-electron chi connectivity index (χ2n) is 2.67. The number of aromatic nitrogens is 2. The summed E-state index contributed by atoms with van der Waals surface area (Å²) in [5.41, 5.74) is 2.33. The van der Waals surface area contributed by atoms with Gasteiger partial charge < -0.3 is 0 Å². The van der Waals surface area contributed by atoms with E-state index in [1.807, 2.05) is 29.1 Å². The number of aryl methyl sites for hydroxylation is 1. The molecule has 0 bridgehead atoms. The number of rotatable bonds is 1. The Morgan fingerprint density at radius 2 is 2.17 bits per heavy atom. The van der Waals surface area contributed by atoms with Crippen LogP contribution >= 0.6 is 0 Å². The van der Waals surface area contributed by atoms with Crippen molar-refractivity contribution in [2.24, 2.45) is 0 Å². The van der Waals surface area contributed by atoms with Crippen molar-refractivity contribution in [1.82, 2.24) is 9.78 Å². The van der Waals surface area contributed by atoms with Crippen LogP contribution in [0.1, 0.15) is 5.56 Å². The zero-order valence-electron chi connectivity index (χ0n) is 6.86. The van der Waals surface area contributed by atoms with E-state index in [0.29, 0.717) is 0 Å². The standard InChI is InChI=1S/C10H9N2/c1-9-5-2-3-6-10(9)12-8-4-7-11-12/h2-3,5-8H,1H3. The first kappa shape index (κ1) is 7.10. The number of hydrogen-bond acceptors (Lipinski definition) is 1. The van der Waals surface area contributed by atoms with Crippen LogP contribution in [0.4, 0.5) is 0 Å². The summed E-state index contributed by atoms with van der Waals surface area (Å²) >= 11 is 0. The molecule has 1 aromatic carbocycles. The van der Waals surface area contributed by atoms with Gasteiger partial charge in [0.15, 0.2) is 0 Å². The van der Waals surface area contributed by atoms with Crippen molar-refractivity contribution in [2.45, 2.75) is 6.92 Å². The summed E-state index contributed by atoms with van der Waals surface area (Å²) in [6, 6.07) is 11.0. The maximum absolute atomic E-state index is 4.11. The van der Waals surface area contributed by atoms with Crippen LogP contribution in [-0.4, -0.2) is 9.78 Å². The Hall–Kier alpha value is -1.57. The van der Waals surface area contributed by atoms with Crippen LogP contribution in [-0.2, 0) is 0 Å². The molecular weight excluding hydrogens is 148 g/mol. The van der Waals surface area contributed by atoms with Crippen LogP contribution in [0.15, 0.2) is 36.7 Å². The average molecular weight is 157 g/mol. The molecule has 1 radical (unpaired) electrons. The smallest absolute Gasteiger partial charge is 0.0674 e. The second-order valence-corrected chi connectivity index (χ2v) is 2.67. The fraction of sp³-hybridized carbons (Fsp3) is 0.100. The Balaban J connectivity index is 2.55. The summed E-state index contributed by atoms with van der Waals surface area (Å²) in [5.74, 6) is 0. The van der Waals surface area contributed by atoms with Crippen LogP contribution in [0.2, 0.25) is 0 Å². The maximum atomic E-state index is 4.11. The molecule has 1 heterocycles. The molecule has 2 aromatic rings. The topological polar surface area (TPSA) is 17.8 Å². The minimum absolute atomic E-state index is 1.11. The largest absolute Gasteiger partial charge is 0.240 e. The summed E-state index contributed by atoms with van der Waals surface area (Å²) in [6.07, 6.45) is 3.48. The van der Waals surface area contributed by atoms with Crippen molar-refractivity contribution >= 4 is 0 Å². The van der Waals surface area contributed by atoms with Gasteiger partial charge in [0.05, 0.1) is 11.9 Å². The third kappa shape index (κ3) is 1.11. The van der Waals surface area contributed by atoms with Crippen molar-refractivity contribution in [1.29, 1.82) is 0 Å². The zero-order valence-corrected chi connectivity index (χ0v) is 6.86. The first-order valence-electron chi connectivity index (χ1n) is 3.84. The van der Waals surface area contributed by atoms with Gasteiger partial charge in [0.1, 0.15) is 0 Å². The van der Waals surface area contributed by atoms with Crippen molar-refractivity contribution in [3.63, 3.8) is 0 Å². The van der Waals surface area contributed by atoms with Crippen molar-refractivity contribution in [3.8, 4) is 5.69 Å². The van der Waals surface area contributed by atoms with Gasteiger partial charge in [0, 0.05) is 12.3 Å². The highest BCUT2D eigenvalue weighted by molar-refractivity contribution is 5.38.